The van der Waals surface area contributed by atoms with Crippen LogP contribution in [0.1, 0.15) is 322 Å². The van der Waals surface area contributed by atoms with Gasteiger partial charge in [-0.15, -0.1) is 0 Å². The second-order valence-electron chi connectivity index (χ2n) is 23.8. The molecule has 0 heterocycles. The molecule has 0 fully saturated rings. The van der Waals surface area contributed by atoms with E-state index in [4.69, 9.17) is 18.9 Å². The molecule has 0 rings (SSSR count). The standard InChI is InChI=1S/C68H127NO8/c1-6-8-10-12-14-16-18-20-22-23-24-25-26-27-28-29-30-31-32-33-34-35-36-37-38-39-40-41-42-43-45-46-48-50-52-54-56-58-65(70)75-62-64(63-76-68(67(72)73)74-61-60-69(3,4)5)77-66(71)59-57-55-53-51-49-47-44-21-19-17-15-13-11-9-7-2/h9,11,15,17,21,44,64,68H,6-8,10,12-14,16,18-20,22-43,45-63H2,1-5H3/p+1/b11-9-,17-15-,44-21-. The lowest BCUT2D eigenvalue weighted by molar-refractivity contribution is -0.870. The van der Waals surface area contributed by atoms with Crippen LogP contribution >= 0.6 is 0 Å². The monoisotopic (exact) mass is 1090 g/mol. The first kappa shape index (κ1) is 74.5. The third-order valence-electron chi connectivity index (χ3n) is 14.9. The molecule has 1 N–H and O–H groups in total. The fourth-order valence-corrected chi connectivity index (χ4v) is 9.86. The molecule has 0 aliphatic carbocycles. The topological polar surface area (TPSA) is 108 Å². The number of hydrogen-bond donors (Lipinski definition) is 1. The molecule has 0 aromatic carbocycles. The summed E-state index contributed by atoms with van der Waals surface area (Å²) in [6, 6.07) is 0. The molecule has 9 heteroatoms. The van der Waals surface area contributed by atoms with Crippen molar-refractivity contribution in [2.24, 2.45) is 0 Å². The Bertz CT molecular complexity index is 1360. The van der Waals surface area contributed by atoms with E-state index >= 15 is 0 Å². The number of unbranched alkanes of at least 4 members (excludes halogenated alkanes) is 41. The van der Waals surface area contributed by atoms with Crippen LogP contribution in [-0.2, 0) is 33.3 Å². The van der Waals surface area contributed by atoms with Crippen molar-refractivity contribution in [3.63, 3.8) is 0 Å². The highest BCUT2D eigenvalue weighted by atomic mass is 16.7. The van der Waals surface area contributed by atoms with Crippen molar-refractivity contribution in [3.8, 4) is 0 Å². The maximum atomic E-state index is 12.8. The van der Waals surface area contributed by atoms with Crippen molar-refractivity contribution in [1.29, 1.82) is 0 Å². The van der Waals surface area contributed by atoms with Gasteiger partial charge in [0.2, 0.25) is 0 Å². The molecule has 2 atom stereocenters. The molecule has 0 saturated carbocycles. The highest BCUT2D eigenvalue weighted by Gasteiger charge is 2.25. The number of likely N-dealkylation sites (N-methyl/N-ethyl adjacent to an activating group) is 1. The van der Waals surface area contributed by atoms with Crippen LogP contribution in [0.5, 0.6) is 0 Å². The van der Waals surface area contributed by atoms with Gasteiger partial charge < -0.3 is 28.5 Å². The first-order valence-electron chi connectivity index (χ1n) is 33.2. The summed E-state index contributed by atoms with van der Waals surface area (Å²) in [7, 11) is 5.97. The number of esters is 2. The van der Waals surface area contributed by atoms with E-state index in [1.54, 1.807) is 0 Å². The molecular weight excluding hydrogens is 959 g/mol. The van der Waals surface area contributed by atoms with Crippen LogP contribution in [0.2, 0.25) is 0 Å². The average Bonchev–Trinajstić information content (AvgIpc) is 3.40. The van der Waals surface area contributed by atoms with E-state index in [-0.39, 0.29) is 32.2 Å². The van der Waals surface area contributed by atoms with Crippen LogP contribution in [0.25, 0.3) is 0 Å². The van der Waals surface area contributed by atoms with Crippen LogP contribution in [0.15, 0.2) is 36.5 Å². The zero-order chi connectivity index (χ0) is 56.2. The number of nitrogens with zero attached hydrogens (tertiary/aromatic N) is 1. The Morgan fingerprint density at radius 1 is 0.403 bits per heavy atom. The Hall–Kier alpha value is -2.49. The molecule has 0 saturated heterocycles. The molecule has 0 bridgehead atoms. The minimum Gasteiger partial charge on any atom is -0.477 e. The van der Waals surface area contributed by atoms with Crippen molar-refractivity contribution in [2.75, 3.05) is 47.5 Å². The first-order valence-corrected chi connectivity index (χ1v) is 33.2. The van der Waals surface area contributed by atoms with Gasteiger partial charge in [0.15, 0.2) is 6.10 Å². The smallest absolute Gasteiger partial charge is 0.361 e. The molecule has 77 heavy (non-hydrogen) atoms. The van der Waals surface area contributed by atoms with E-state index < -0.39 is 24.3 Å². The molecule has 0 radical (unpaired) electrons. The largest absolute Gasteiger partial charge is 0.477 e. The molecule has 452 valence electrons. The van der Waals surface area contributed by atoms with Crippen molar-refractivity contribution in [2.45, 2.75) is 334 Å². The van der Waals surface area contributed by atoms with Crippen LogP contribution < -0.4 is 0 Å². The van der Waals surface area contributed by atoms with Gasteiger partial charge in [-0.3, -0.25) is 9.59 Å². The summed E-state index contributed by atoms with van der Waals surface area (Å²) in [5, 5.41) is 9.70. The summed E-state index contributed by atoms with van der Waals surface area (Å²) in [4.78, 5) is 37.4. The van der Waals surface area contributed by atoms with Gasteiger partial charge in [0.1, 0.15) is 13.2 Å². The number of rotatable bonds is 62. The summed E-state index contributed by atoms with van der Waals surface area (Å²) >= 11 is 0. The average molecular weight is 1090 g/mol. The van der Waals surface area contributed by atoms with Gasteiger partial charge in [-0.25, -0.2) is 4.79 Å². The molecule has 2 unspecified atom stereocenters. The molecule has 0 spiro atoms. The summed E-state index contributed by atoms with van der Waals surface area (Å²) < 4.78 is 22.9. The SMILES string of the molecule is CC/C=C\C/C=C\C/C=C\CCCCCCCC(=O)OC(COC(=O)CCCCCCCCCCCCCCCCCCCCCCCCCCCCCCCCCCCCCCC)COC(OCC[N+](C)(C)C)C(=O)O. The van der Waals surface area contributed by atoms with Gasteiger partial charge in [0.25, 0.3) is 6.29 Å². The van der Waals surface area contributed by atoms with Gasteiger partial charge in [0.05, 0.1) is 34.4 Å². The molecular formula is C68H128NO8+. The fourth-order valence-electron chi connectivity index (χ4n) is 9.86. The predicted molar refractivity (Wildman–Crippen MR) is 327 cm³/mol. The van der Waals surface area contributed by atoms with Crippen molar-refractivity contribution in [1.82, 2.24) is 0 Å². The highest BCUT2D eigenvalue weighted by Crippen LogP contribution is 2.19. The van der Waals surface area contributed by atoms with Crippen LogP contribution in [-0.4, -0.2) is 87.4 Å². The number of carboxylic acid groups (broad SMARTS) is 1. The molecule has 0 amide bonds. The zero-order valence-electron chi connectivity index (χ0n) is 51.6. The quantitative estimate of drug-likeness (QED) is 0.0211. The minimum absolute atomic E-state index is 0.185. The van der Waals surface area contributed by atoms with E-state index in [9.17, 15) is 19.5 Å². The molecule has 0 aliphatic heterocycles. The molecule has 0 aliphatic rings. The van der Waals surface area contributed by atoms with Gasteiger partial charge in [-0.05, 0) is 44.9 Å². The Balaban J connectivity index is 3.93. The third-order valence-corrected chi connectivity index (χ3v) is 14.9. The highest BCUT2D eigenvalue weighted by molar-refractivity contribution is 5.71. The summed E-state index contributed by atoms with van der Waals surface area (Å²) in [5.41, 5.74) is 0. The van der Waals surface area contributed by atoms with Gasteiger partial charge >= 0.3 is 17.9 Å². The molecule has 9 nitrogen and oxygen atoms in total. The summed E-state index contributed by atoms with van der Waals surface area (Å²) in [6.45, 7) is 4.79. The number of carboxylic acids is 1. The number of quaternary nitrogens is 1. The van der Waals surface area contributed by atoms with Crippen LogP contribution in [0.3, 0.4) is 0 Å². The Morgan fingerprint density at radius 2 is 0.740 bits per heavy atom. The fraction of sp³-hybridized carbons (Fsp3) is 0.868. The summed E-state index contributed by atoms with van der Waals surface area (Å²) in [6.07, 6.45) is 71.4. The van der Waals surface area contributed by atoms with Crippen LogP contribution in [0, 0.1) is 0 Å². The zero-order valence-corrected chi connectivity index (χ0v) is 51.6. The van der Waals surface area contributed by atoms with E-state index in [2.05, 4.69) is 50.3 Å². The van der Waals surface area contributed by atoms with Crippen molar-refractivity contribution in [3.05, 3.63) is 36.5 Å². The van der Waals surface area contributed by atoms with Crippen molar-refractivity contribution >= 4 is 17.9 Å². The van der Waals surface area contributed by atoms with E-state index in [0.29, 0.717) is 23.9 Å². The van der Waals surface area contributed by atoms with E-state index in [1.165, 1.54) is 218 Å². The van der Waals surface area contributed by atoms with Gasteiger partial charge in [-0.1, -0.05) is 301 Å². The third kappa shape index (κ3) is 61.0. The molecule has 0 aromatic rings. The molecule has 0 aromatic heterocycles. The second kappa shape index (κ2) is 59.6. The van der Waals surface area contributed by atoms with Gasteiger partial charge in [-0.2, -0.15) is 0 Å². The van der Waals surface area contributed by atoms with E-state index in [1.807, 2.05) is 21.1 Å². The number of carbonyl (C=O) groups is 3. The number of hydrogen-bond acceptors (Lipinski definition) is 7. The predicted octanol–water partition coefficient (Wildman–Crippen LogP) is 20.0. The lowest BCUT2D eigenvalue weighted by Gasteiger charge is -2.25. The lowest BCUT2D eigenvalue weighted by atomic mass is 10.0. The Labute approximate surface area is 477 Å². The minimum atomic E-state index is -1.51. The van der Waals surface area contributed by atoms with Crippen molar-refractivity contribution < 1.29 is 42.9 Å². The normalized spacial score (nSPS) is 12.9. The second-order valence-corrected chi connectivity index (χ2v) is 23.8. The first-order chi connectivity index (χ1) is 37.6. The van der Waals surface area contributed by atoms with Crippen LogP contribution in [0.4, 0.5) is 0 Å². The number of ether oxygens (including phenoxy) is 4. The Morgan fingerprint density at radius 3 is 1.10 bits per heavy atom. The number of allylic oxidation sites excluding steroid dienone is 6. The van der Waals surface area contributed by atoms with E-state index in [0.717, 1.165) is 70.6 Å². The summed E-state index contributed by atoms with van der Waals surface area (Å²) in [5.74, 6) is -2.01. The maximum Gasteiger partial charge on any atom is 0.361 e. The lowest BCUT2D eigenvalue weighted by Crippen LogP contribution is -2.40. The Kier molecular flexibility index (Phi) is 57.7. The maximum absolute atomic E-state index is 12.8. The number of carbonyl (C=O) groups excluding carboxylic acids is 2. The van der Waals surface area contributed by atoms with Gasteiger partial charge in [0, 0.05) is 12.8 Å². The number of aliphatic carboxylic acids is 1.